The van der Waals surface area contributed by atoms with Crippen LogP contribution in [0.15, 0.2) is 24.3 Å². The van der Waals surface area contributed by atoms with E-state index < -0.39 is 11.8 Å². The molecule has 0 aliphatic heterocycles. The Labute approximate surface area is 117 Å². The van der Waals surface area contributed by atoms with Crippen molar-refractivity contribution in [2.75, 3.05) is 20.3 Å². The van der Waals surface area contributed by atoms with Crippen LogP contribution in [-0.2, 0) is 14.3 Å². The van der Waals surface area contributed by atoms with Gasteiger partial charge in [-0.1, -0.05) is 12.1 Å². The molecule has 0 bridgehead atoms. The number of hydrogen-bond acceptors (Lipinski definition) is 3. The first-order valence-electron chi connectivity index (χ1n) is 6.37. The summed E-state index contributed by atoms with van der Waals surface area (Å²) in [5, 5.41) is 5.04. The number of benzene rings is 1. The van der Waals surface area contributed by atoms with Gasteiger partial charge in [0, 0.05) is 20.3 Å². The Hall–Kier alpha value is -1.95. The Bertz CT molecular complexity index is 448. The third kappa shape index (κ3) is 5.36. The number of amides is 2. The lowest BCUT2D eigenvalue weighted by molar-refractivity contribution is -0.139. The number of hydrogen-bond donors (Lipinski definition) is 2. The van der Waals surface area contributed by atoms with Gasteiger partial charge in [-0.15, -0.1) is 0 Å². The zero-order chi connectivity index (χ0) is 15.0. The minimum absolute atomic E-state index is 0.344. The number of carbonyl (C=O) groups excluding carboxylic acids is 2. The maximum Gasteiger partial charge on any atom is 0.309 e. The molecule has 1 aromatic rings. The molecule has 0 unspecified atom stereocenters. The van der Waals surface area contributed by atoms with Gasteiger partial charge in [0.15, 0.2) is 0 Å². The second kappa shape index (κ2) is 8.27. The highest BCUT2D eigenvalue weighted by molar-refractivity contribution is 6.35. The van der Waals surface area contributed by atoms with Crippen LogP contribution in [0.2, 0.25) is 0 Å². The summed E-state index contributed by atoms with van der Waals surface area (Å²) in [6, 6.07) is 5.38. The molecule has 110 valence electrons. The Morgan fingerprint density at radius 2 is 1.90 bits per heavy atom. The van der Waals surface area contributed by atoms with Gasteiger partial charge in [-0.3, -0.25) is 9.59 Å². The summed E-state index contributed by atoms with van der Waals surface area (Å²) in [4.78, 5) is 23.1. The lowest BCUT2D eigenvalue weighted by Gasteiger charge is -2.14. The smallest absolute Gasteiger partial charge is 0.309 e. The Kier molecular flexibility index (Phi) is 6.66. The molecular weight excluding hydrogens is 263 g/mol. The van der Waals surface area contributed by atoms with Gasteiger partial charge < -0.3 is 15.4 Å². The maximum absolute atomic E-state index is 12.8. The number of ether oxygens (including phenoxy) is 1. The maximum atomic E-state index is 12.8. The summed E-state index contributed by atoms with van der Waals surface area (Å²) in [5.41, 5.74) is 0.729. The molecular formula is C14H19FN2O3. The van der Waals surface area contributed by atoms with Crippen molar-refractivity contribution < 1.29 is 18.7 Å². The highest BCUT2D eigenvalue weighted by Crippen LogP contribution is 2.12. The average Bonchev–Trinajstić information content (AvgIpc) is 2.44. The second-order valence-electron chi connectivity index (χ2n) is 4.35. The molecule has 0 saturated heterocycles. The van der Waals surface area contributed by atoms with Crippen molar-refractivity contribution in [3.8, 4) is 0 Å². The van der Waals surface area contributed by atoms with E-state index in [-0.39, 0.29) is 11.9 Å². The highest BCUT2D eigenvalue weighted by atomic mass is 19.1. The largest absolute Gasteiger partial charge is 0.385 e. The lowest BCUT2D eigenvalue weighted by Crippen LogP contribution is -2.41. The van der Waals surface area contributed by atoms with E-state index in [9.17, 15) is 14.0 Å². The van der Waals surface area contributed by atoms with Crippen LogP contribution < -0.4 is 10.6 Å². The Morgan fingerprint density at radius 1 is 1.25 bits per heavy atom. The first kappa shape index (κ1) is 16.1. The molecule has 2 amide bonds. The van der Waals surface area contributed by atoms with Crippen molar-refractivity contribution in [3.05, 3.63) is 35.6 Å². The fourth-order valence-electron chi connectivity index (χ4n) is 1.60. The minimum atomic E-state index is -0.709. The van der Waals surface area contributed by atoms with E-state index in [1.165, 1.54) is 12.1 Å². The summed E-state index contributed by atoms with van der Waals surface area (Å²) in [7, 11) is 1.57. The number of methoxy groups -OCH3 is 1. The van der Waals surface area contributed by atoms with Crippen LogP contribution in [0.25, 0.3) is 0 Å². The third-order valence-corrected chi connectivity index (χ3v) is 2.73. The van der Waals surface area contributed by atoms with Crippen molar-refractivity contribution in [3.63, 3.8) is 0 Å². The molecule has 1 atom stereocenters. The second-order valence-corrected chi connectivity index (χ2v) is 4.35. The van der Waals surface area contributed by atoms with Crippen molar-refractivity contribution >= 4 is 11.8 Å². The van der Waals surface area contributed by atoms with Gasteiger partial charge in [0.1, 0.15) is 5.82 Å². The summed E-state index contributed by atoms with van der Waals surface area (Å²) in [5.74, 6) is -1.74. The van der Waals surface area contributed by atoms with Gasteiger partial charge in [0.25, 0.3) is 0 Å². The first-order valence-corrected chi connectivity index (χ1v) is 6.37. The van der Waals surface area contributed by atoms with E-state index >= 15 is 0 Å². The highest BCUT2D eigenvalue weighted by Gasteiger charge is 2.16. The standard InChI is InChI=1S/C14H19FN2O3/c1-10(11-4-6-12(15)7-5-11)17-14(19)13(18)16-8-3-9-20-2/h4-7,10H,3,8-9H2,1-2H3,(H,16,18)(H,17,19)/t10-/m1/s1. The molecule has 2 N–H and O–H groups in total. The molecule has 0 aromatic heterocycles. The molecule has 1 aromatic carbocycles. The van der Waals surface area contributed by atoms with Crippen molar-refractivity contribution in [2.24, 2.45) is 0 Å². The van der Waals surface area contributed by atoms with E-state index in [1.807, 2.05) is 0 Å². The zero-order valence-corrected chi connectivity index (χ0v) is 11.6. The molecule has 20 heavy (non-hydrogen) atoms. The number of halogens is 1. The Balaban J connectivity index is 2.40. The van der Waals surface area contributed by atoms with E-state index in [0.29, 0.717) is 19.6 Å². The molecule has 0 radical (unpaired) electrons. The first-order chi connectivity index (χ1) is 9.54. The SMILES string of the molecule is COCCCNC(=O)C(=O)N[C@H](C)c1ccc(F)cc1. The van der Waals surface area contributed by atoms with E-state index in [0.717, 1.165) is 5.56 Å². The molecule has 0 spiro atoms. The summed E-state index contributed by atoms with van der Waals surface area (Å²) in [6.07, 6.45) is 0.642. The molecule has 6 heteroatoms. The van der Waals surface area contributed by atoms with Gasteiger partial charge in [-0.2, -0.15) is 0 Å². The predicted octanol–water partition coefficient (Wildman–Crippen LogP) is 1.16. The fourth-order valence-corrected chi connectivity index (χ4v) is 1.60. The summed E-state index contributed by atoms with van der Waals surface area (Å²) < 4.78 is 17.6. The summed E-state index contributed by atoms with van der Waals surface area (Å²) in [6.45, 7) is 2.63. The average molecular weight is 282 g/mol. The predicted molar refractivity (Wildman–Crippen MR) is 72.5 cm³/mol. The summed E-state index contributed by atoms with van der Waals surface area (Å²) >= 11 is 0. The van der Waals surface area contributed by atoms with Crippen molar-refractivity contribution in [1.29, 1.82) is 0 Å². The van der Waals surface area contributed by atoms with Gasteiger partial charge in [-0.25, -0.2) is 4.39 Å². The van der Waals surface area contributed by atoms with Crippen LogP contribution >= 0.6 is 0 Å². The van der Waals surface area contributed by atoms with E-state index in [1.54, 1.807) is 26.2 Å². The molecule has 0 aliphatic rings. The number of nitrogens with one attached hydrogen (secondary N) is 2. The molecule has 1 rings (SSSR count). The van der Waals surface area contributed by atoms with Gasteiger partial charge >= 0.3 is 11.8 Å². The number of carbonyl (C=O) groups is 2. The van der Waals surface area contributed by atoms with Gasteiger partial charge in [0.05, 0.1) is 6.04 Å². The van der Waals surface area contributed by atoms with Crippen LogP contribution in [0.5, 0.6) is 0 Å². The monoisotopic (exact) mass is 282 g/mol. The lowest BCUT2D eigenvalue weighted by atomic mass is 10.1. The van der Waals surface area contributed by atoms with Crippen molar-refractivity contribution in [2.45, 2.75) is 19.4 Å². The minimum Gasteiger partial charge on any atom is -0.385 e. The van der Waals surface area contributed by atoms with E-state index in [2.05, 4.69) is 10.6 Å². The fraction of sp³-hybridized carbons (Fsp3) is 0.429. The molecule has 0 aliphatic carbocycles. The van der Waals surface area contributed by atoms with Gasteiger partial charge in [-0.05, 0) is 31.0 Å². The number of rotatable bonds is 6. The van der Waals surface area contributed by atoms with Crippen LogP contribution in [0.4, 0.5) is 4.39 Å². The molecule has 0 saturated carbocycles. The Morgan fingerprint density at radius 3 is 2.50 bits per heavy atom. The zero-order valence-electron chi connectivity index (χ0n) is 11.6. The van der Waals surface area contributed by atoms with E-state index in [4.69, 9.17) is 4.74 Å². The van der Waals surface area contributed by atoms with Crippen molar-refractivity contribution in [1.82, 2.24) is 10.6 Å². The van der Waals surface area contributed by atoms with Gasteiger partial charge in [0.2, 0.25) is 0 Å². The molecule has 0 heterocycles. The molecule has 5 nitrogen and oxygen atoms in total. The van der Waals surface area contributed by atoms with Crippen LogP contribution in [0.1, 0.15) is 24.9 Å². The van der Waals surface area contributed by atoms with Crippen LogP contribution in [0.3, 0.4) is 0 Å². The third-order valence-electron chi connectivity index (χ3n) is 2.73. The quantitative estimate of drug-likeness (QED) is 0.607. The molecule has 0 fully saturated rings. The van der Waals surface area contributed by atoms with Crippen LogP contribution in [-0.4, -0.2) is 32.1 Å². The topological polar surface area (TPSA) is 67.4 Å². The normalized spacial score (nSPS) is 11.8. The van der Waals surface area contributed by atoms with Crippen LogP contribution in [0, 0.1) is 5.82 Å².